The predicted octanol–water partition coefficient (Wildman–Crippen LogP) is 1.77. The summed E-state index contributed by atoms with van der Waals surface area (Å²) in [5.41, 5.74) is 1.76. The molecule has 20 heavy (non-hydrogen) atoms. The summed E-state index contributed by atoms with van der Waals surface area (Å²) in [5, 5.41) is 11.3. The van der Waals surface area contributed by atoms with Crippen LogP contribution < -0.4 is 5.32 Å². The van der Waals surface area contributed by atoms with Crippen molar-refractivity contribution in [1.29, 1.82) is 0 Å². The molecule has 0 spiro atoms. The second kappa shape index (κ2) is 8.60. The molecule has 1 atom stereocenters. The molecule has 0 fully saturated rings. The van der Waals surface area contributed by atoms with Crippen LogP contribution in [0.2, 0.25) is 0 Å². The van der Waals surface area contributed by atoms with Gasteiger partial charge in [-0.3, -0.25) is 4.79 Å². The van der Waals surface area contributed by atoms with E-state index >= 15 is 0 Å². The molecule has 1 unspecified atom stereocenters. The molecule has 0 radical (unpaired) electrons. The summed E-state index contributed by atoms with van der Waals surface area (Å²) < 4.78 is 5.02. The third-order valence-corrected chi connectivity index (χ3v) is 3.25. The van der Waals surface area contributed by atoms with Gasteiger partial charge in [0.25, 0.3) is 5.91 Å². The summed E-state index contributed by atoms with van der Waals surface area (Å²) in [6.45, 7) is 1.90. The van der Waals surface area contributed by atoms with E-state index in [1.807, 2.05) is 18.4 Å². The molecule has 1 amide bonds. The lowest BCUT2D eigenvalue weighted by atomic mass is 10.1. The number of ether oxygens (including phenoxy) is 1. The first-order chi connectivity index (χ1) is 9.54. The van der Waals surface area contributed by atoms with Crippen molar-refractivity contribution in [3.8, 4) is 0 Å². The fraction of sp³-hybridized carbons (Fsp3) is 0.429. The lowest BCUT2D eigenvalue weighted by molar-refractivity contribution is -0.148. The van der Waals surface area contributed by atoms with E-state index in [0.717, 1.165) is 5.75 Å². The number of aliphatic carboxylic acids is 1. The summed E-state index contributed by atoms with van der Waals surface area (Å²) in [7, 11) is 0. The van der Waals surface area contributed by atoms with Crippen LogP contribution in [0.1, 0.15) is 22.8 Å². The van der Waals surface area contributed by atoms with E-state index in [0.29, 0.717) is 5.56 Å². The summed E-state index contributed by atoms with van der Waals surface area (Å²) in [4.78, 5) is 22.3. The van der Waals surface area contributed by atoms with E-state index in [1.54, 1.807) is 23.9 Å². The molecule has 1 rings (SSSR count). The molecule has 0 saturated carbocycles. The Balaban J connectivity index is 2.33. The van der Waals surface area contributed by atoms with Gasteiger partial charge in [-0.2, -0.15) is 11.8 Å². The maximum atomic E-state index is 11.8. The molecule has 1 aromatic rings. The first-order valence-corrected chi connectivity index (χ1v) is 7.64. The maximum Gasteiger partial charge on any atom is 0.332 e. The van der Waals surface area contributed by atoms with E-state index in [2.05, 4.69) is 5.32 Å². The van der Waals surface area contributed by atoms with E-state index in [-0.39, 0.29) is 19.1 Å². The van der Waals surface area contributed by atoms with Crippen molar-refractivity contribution in [3.05, 3.63) is 35.4 Å². The smallest absolute Gasteiger partial charge is 0.332 e. The van der Waals surface area contributed by atoms with Crippen molar-refractivity contribution in [3.63, 3.8) is 0 Å². The molecule has 0 bridgehead atoms. The number of carboxylic acid groups (broad SMARTS) is 1. The Morgan fingerprint density at radius 1 is 1.35 bits per heavy atom. The normalized spacial score (nSPS) is 11.9. The zero-order valence-electron chi connectivity index (χ0n) is 11.6. The van der Waals surface area contributed by atoms with Gasteiger partial charge in [0.15, 0.2) is 6.10 Å². The molecule has 0 aromatic heterocycles. The van der Waals surface area contributed by atoms with Gasteiger partial charge in [-0.15, -0.1) is 0 Å². The molecular weight excluding hydrogens is 278 g/mol. The van der Waals surface area contributed by atoms with E-state index < -0.39 is 12.1 Å². The van der Waals surface area contributed by atoms with Crippen LogP contribution in [-0.2, 0) is 15.3 Å². The van der Waals surface area contributed by atoms with E-state index in [4.69, 9.17) is 9.84 Å². The molecule has 1 aromatic carbocycles. The first kappa shape index (κ1) is 16.5. The van der Waals surface area contributed by atoms with Crippen LogP contribution in [0.5, 0.6) is 0 Å². The highest BCUT2D eigenvalue weighted by Crippen LogP contribution is 2.10. The minimum atomic E-state index is -1.01. The zero-order valence-corrected chi connectivity index (χ0v) is 12.4. The van der Waals surface area contributed by atoms with Crippen LogP contribution in [0, 0.1) is 0 Å². The lowest BCUT2D eigenvalue weighted by Gasteiger charge is -2.09. The van der Waals surface area contributed by atoms with Gasteiger partial charge in [-0.1, -0.05) is 12.1 Å². The number of hydrogen-bond donors (Lipinski definition) is 2. The number of rotatable bonds is 8. The quantitative estimate of drug-likeness (QED) is 0.715. The Labute approximate surface area is 122 Å². The molecule has 6 heteroatoms. The first-order valence-electron chi connectivity index (χ1n) is 6.25. The number of nitrogens with one attached hydrogen (secondary N) is 1. The predicted molar refractivity (Wildman–Crippen MR) is 79.0 cm³/mol. The van der Waals surface area contributed by atoms with Crippen molar-refractivity contribution < 1.29 is 19.4 Å². The fourth-order valence-corrected chi connectivity index (χ4v) is 2.02. The average Bonchev–Trinajstić information content (AvgIpc) is 2.44. The van der Waals surface area contributed by atoms with Crippen LogP contribution in [0.15, 0.2) is 24.3 Å². The Morgan fingerprint density at radius 3 is 2.55 bits per heavy atom. The number of thioether (sulfide) groups is 1. The highest BCUT2D eigenvalue weighted by molar-refractivity contribution is 7.97. The minimum absolute atomic E-state index is 0.170. The molecule has 0 heterocycles. The number of amides is 1. The Bertz CT molecular complexity index is 447. The molecule has 0 aliphatic heterocycles. The van der Waals surface area contributed by atoms with Gasteiger partial charge >= 0.3 is 5.97 Å². The molecule has 0 aliphatic carbocycles. The second-order valence-electron chi connectivity index (χ2n) is 4.24. The monoisotopic (exact) mass is 297 g/mol. The van der Waals surface area contributed by atoms with Crippen molar-refractivity contribution in [1.82, 2.24) is 5.32 Å². The van der Waals surface area contributed by atoms with Gasteiger partial charge < -0.3 is 15.2 Å². The van der Waals surface area contributed by atoms with Crippen LogP contribution in [0.3, 0.4) is 0 Å². The third-order valence-electron chi connectivity index (χ3n) is 2.63. The van der Waals surface area contributed by atoms with Gasteiger partial charge in [0.1, 0.15) is 0 Å². The van der Waals surface area contributed by atoms with Crippen molar-refractivity contribution in [2.75, 3.05) is 19.4 Å². The summed E-state index contributed by atoms with van der Waals surface area (Å²) in [5.74, 6) is -0.281. The van der Waals surface area contributed by atoms with Crippen molar-refractivity contribution >= 4 is 23.6 Å². The third kappa shape index (κ3) is 5.63. The average molecular weight is 297 g/mol. The van der Waals surface area contributed by atoms with Gasteiger partial charge in [0.2, 0.25) is 0 Å². The topological polar surface area (TPSA) is 75.6 Å². The number of carboxylic acids is 1. The molecule has 2 N–H and O–H groups in total. The summed E-state index contributed by atoms with van der Waals surface area (Å²) in [6.07, 6.45) is 1.16. The summed E-state index contributed by atoms with van der Waals surface area (Å²) >= 11 is 1.73. The van der Waals surface area contributed by atoms with Crippen molar-refractivity contribution in [2.45, 2.75) is 18.8 Å². The van der Waals surface area contributed by atoms with Crippen LogP contribution >= 0.6 is 11.8 Å². The van der Waals surface area contributed by atoms with Gasteiger partial charge in [0.05, 0.1) is 6.61 Å². The standard InChI is InChI=1S/C14H19NO4S/c1-10(14(17)18)19-8-7-15-13(16)12-5-3-11(4-6-12)9-20-2/h3-6,10H,7-9H2,1-2H3,(H,15,16)(H,17,18). The van der Waals surface area contributed by atoms with Gasteiger partial charge in [0, 0.05) is 17.9 Å². The Kier molecular flexibility index (Phi) is 7.11. The molecule has 0 aliphatic rings. The lowest BCUT2D eigenvalue weighted by Crippen LogP contribution is -2.30. The van der Waals surface area contributed by atoms with Gasteiger partial charge in [-0.25, -0.2) is 4.79 Å². The number of carbonyl (C=O) groups excluding carboxylic acids is 1. The molecule has 0 saturated heterocycles. The Hall–Kier alpha value is -1.53. The second-order valence-corrected chi connectivity index (χ2v) is 5.10. The number of hydrogen-bond acceptors (Lipinski definition) is 4. The molecule has 110 valence electrons. The number of benzene rings is 1. The highest BCUT2D eigenvalue weighted by Gasteiger charge is 2.10. The number of carbonyl (C=O) groups is 2. The minimum Gasteiger partial charge on any atom is -0.479 e. The SMILES string of the molecule is CSCc1ccc(C(=O)NCCOC(C)C(=O)O)cc1. The summed E-state index contributed by atoms with van der Waals surface area (Å²) in [6, 6.07) is 7.41. The highest BCUT2D eigenvalue weighted by atomic mass is 32.2. The van der Waals surface area contributed by atoms with E-state index in [1.165, 1.54) is 12.5 Å². The van der Waals surface area contributed by atoms with Gasteiger partial charge in [-0.05, 0) is 30.9 Å². The van der Waals surface area contributed by atoms with E-state index in [9.17, 15) is 9.59 Å². The molecule has 5 nitrogen and oxygen atoms in total. The van der Waals surface area contributed by atoms with Crippen LogP contribution in [-0.4, -0.2) is 42.5 Å². The maximum absolute atomic E-state index is 11.8. The Morgan fingerprint density at radius 2 is 2.00 bits per heavy atom. The zero-order chi connectivity index (χ0) is 15.0. The fourth-order valence-electron chi connectivity index (χ4n) is 1.49. The van der Waals surface area contributed by atoms with Crippen LogP contribution in [0.4, 0.5) is 0 Å². The van der Waals surface area contributed by atoms with Crippen LogP contribution in [0.25, 0.3) is 0 Å². The largest absolute Gasteiger partial charge is 0.479 e. The van der Waals surface area contributed by atoms with Crippen molar-refractivity contribution in [2.24, 2.45) is 0 Å². The molecular formula is C14H19NO4S.